The van der Waals surface area contributed by atoms with Crippen LogP contribution in [0.4, 0.5) is 0 Å². The molecule has 0 heterocycles. The zero-order valence-electron chi connectivity index (χ0n) is 15.9. The van der Waals surface area contributed by atoms with Crippen LogP contribution >= 0.6 is 22.6 Å². The van der Waals surface area contributed by atoms with Crippen molar-refractivity contribution in [2.45, 2.75) is 83.5 Å². The molecular formula is C22H36INO. The summed E-state index contributed by atoms with van der Waals surface area (Å²) in [4.78, 5) is 0. The van der Waals surface area contributed by atoms with E-state index in [0.29, 0.717) is 12.5 Å². The van der Waals surface area contributed by atoms with Crippen LogP contribution in [0.15, 0.2) is 12.1 Å². The molecule has 0 radical (unpaired) electrons. The summed E-state index contributed by atoms with van der Waals surface area (Å²) in [6.45, 7) is 3.28. The van der Waals surface area contributed by atoms with Crippen LogP contribution in [0.2, 0.25) is 0 Å². The lowest BCUT2D eigenvalue weighted by molar-refractivity contribution is 0.281. The number of nitrogens with two attached hydrogens (primary N) is 1. The first-order valence-electron chi connectivity index (χ1n) is 10.3. The molecule has 2 rings (SSSR count). The number of hydrogen-bond acceptors (Lipinski definition) is 2. The number of fused-ring (bicyclic) bond motifs is 1. The predicted molar refractivity (Wildman–Crippen MR) is 116 cm³/mol. The molecule has 2 atom stereocenters. The van der Waals surface area contributed by atoms with Crippen molar-refractivity contribution in [2.75, 3.05) is 13.2 Å². The van der Waals surface area contributed by atoms with E-state index in [1.54, 1.807) is 11.1 Å². The smallest absolute Gasteiger partial charge is 0.0431 e. The average Bonchev–Trinajstić information content (AvgIpc) is 2.62. The minimum absolute atomic E-state index is 0.290. The predicted octanol–water partition coefficient (Wildman–Crippen LogP) is 5.57. The Kier molecular flexibility index (Phi) is 9.79. The van der Waals surface area contributed by atoms with Crippen molar-refractivity contribution in [3.8, 4) is 0 Å². The summed E-state index contributed by atoms with van der Waals surface area (Å²) >= 11 is 2.51. The molecule has 3 heteroatoms. The monoisotopic (exact) mass is 457 g/mol. The third-order valence-electron chi connectivity index (χ3n) is 5.80. The molecule has 1 aliphatic rings. The van der Waals surface area contributed by atoms with Crippen LogP contribution in [0.25, 0.3) is 0 Å². The number of aryl methyl sites for hydroxylation is 1. The molecule has 142 valence electrons. The van der Waals surface area contributed by atoms with Crippen molar-refractivity contribution in [1.82, 2.24) is 0 Å². The maximum Gasteiger partial charge on any atom is 0.0431 e. The highest BCUT2D eigenvalue weighted by Gasteiger charge is 2.22. The lowest BCUT2D eigenvalue weighted by Gasteiger charge is -2.27. The van der Waals surface area contributed by atoms with Gasteiger partial charge in [0.2, 0.25) is 0 Å². The Morgan fingerprint density at radius 2 is 2.00 bits per heavy atom. The number of benzene rings is 1. The molecule has 3 N–H and O–H groups in total. The summed E-state index contributed by atoms with van der Waals surface area (Å²) in [5, 5.41) is 9.02. The Balaban J connectivity index is 1.99. The Hall–Kier alpha value is -0.130. The van der Waals surface area contributed by atoms with E-state index < -0.39 is 0 Å². The van der Waals surface area contributed by atoms with E-state index in [1.807, 2.05) is 0 Å². The van der Waals surface area contributed by atoms with Crippen LogP contribution in [-0.4, -0.2) is 18.3 Å². The van der Waals surface area contributed by atoms with E-state index in [2.05, 4.69) is 41.6 Å². The van der Waals surface area contributed by atoms with Gasteiger partial charge in [-0.2, -0.15) is 0 Å². The molecule has 0 aromatic heterocycles. The number of rotatable bonds is 11. The highest BCUT2D eigenvalue weighted by molar-refractivity contribution is 14.1. The van der Waals surface area contributed by atoms with E-state index in [1.165, 1.54) is 60.5 Å². The van der Waals surface area contributed by atoms with Gasteiger partial charge in [-0.3, -0.25) is 0 Å². The molecule has 1 aromatic rings. The summed E-state index contributed by atoms with van der Waals surface area (Å²) in [6.07, 6.45) is 13.8. The zero-order chi connectivity index (χ0) is 18.1. The van der Waals surface area contributed by atoms with E-state index in [9.17, 15) is 0 Å². The lowest BCUT2D eigenvalue weighted by atomic mass is 9.79. The van der Waals surface area contributed by atoms with Crippen molar-refractivity contribution >= 4 is 22.6 Å². The Labute approximate surface area is 168 Å². The third-order valence-corrected chi connectivity index (χ3v) is 6.73. The fourth-order valence-electron chi connectivity index (χ4n) is 4.20. The standard InChI is InChI=1S/C22H36INO/c1-2-3-4-5-8-17-10-11-18-14-21(22(23)15-20(18)13-17)19(16-24)9-6-7-12-25/h14-15,17,19,25H,2-13,16,24H2,1H3/t17-,19-/m0/s1. The van der Waals surface area contributed by atoms with Crippen molar-refractivity contribution in [3.63, 3.8) is 0 Å². The Bertz CT molecular complexity index is 517. The number of aliphatic hydroxyl groups is 1. The maximum atomic E-state index is 9.02. The van der Waals surface area contributed by atoms with E-state index in [4.69, 9.17) is 10.8 Å². The summed E-state index contributed by atoms with van der Waals surface area (Å²) in [6, 6.07) is 4.90. The van der Waals surface area contributed by atoms with Crippen molar-refractivity contribution < 1.29 is 5.11 Å². The van der Waals surface area contributed by atoms with Crippen LogP contribution < -0.4 is 5.73 Å². The first kappa shape index (κ1) is 21.2. The Morgan fingerprint density at radius 1 is 1.16 bits per heavy atom. The number of halogens is 1. The quantitative estimate of drug-likeness (QED) is 0.337. The van der Waals surface area contributed by atoms with Crippen LogP contribution in [-0.2, 0) is 12.8 Å². The van der Waals surface area contributed by atoms with Gasteiger partial charge >= 0.3 is 0 Å². The van der Waals surface area contributed by atoms with E-state index in [-0.39, 0.29) is 6.61 Å². The van der Waals surface area contributed by atoms with Crippen LogP contribution in [0.5, 0.6) is 0 Å². The molecule has 0 amide bonds. The largest absolute Gasteiger partial charge is 0.396 e. The van der Waals surface area contributed by atoms with Crippen LogP contribution in [0, 0.1) is 9.49 Å². The number of unbranched alkanes of at least 4 members (excludes halogenated alkanes) is 4. The maximum absolute atomic E-state index is 9.02. The molecule has 1 aromatic carbocycles. The average molecular weight is 457 g/mol. The fraction of sp³-hybridized carbons (Fsp3) is 0.727. The highest BCUT2D eigenvalue weighted by atomic mass is 127. The van der Waals surface area contributed by atoms with Crippen molar-refractivity contribution in [2.24, 2.45) is 11.7 Å². The van der Waals surface area contributed by atoms with Crippen LogP contribution in [0.1, 0.15) is 87.3 Å². The molecule has 0 unspecified atom stereocenters. The van der Waals surface area contributed by atoms with Gasteiger partial charge in [-0.1, -0.05) is 51.5 Å². The SMILES string of the molecule is CCCCCC[C@H]1CCc2cc([C@H](CN)CCCCO)c(I)cc2C1. The molecule has 1 aliphatic carbocycles. The molecular weight excluding hydrogens is 421 g/mol. The molecule has 0 aliphatic heterocycles. The summed E-state index contributed by atoms with van der Waals surface area (Å²) < 4.78 is 1.39. The summed E-state index contributed by atoms with van der Waals surface area (Å²) in [7, 11) is 0. The van der Waals surface area contributed by atoms with Crippen molar-refractivity contribution in [3.05, 3.63) is 32.4 Å². The second kappa shape index (κ2) is 11.6. The van der Waals surface area contributed by atoms with E-state index >= 15 is 0 Å². The molecule has 0 bridgehead atoms. The van der Waals surface area contributed by atoms with Gasteiger partial charge in [0.05, 0.1) is 0 Å². The zero-order valence-corrected chi connectivity index (χ0v) is 18.1. The highest BCUT2D eigenvalue weighted by Crippen LogP contribution is 2.34. The Morgan fingerprint density at radius 3 is 2.72 bits per heavy atom. The fourth-order valence-corrected chi connectivity index (χ4v) is 5.17. The number of aliphatic hydroxyl groups excluding tert-OH is 1. The second-order valence-electron chi connectivity index (χ2n) is 7.75. The molecule has 0 saturated heterocycles. The molecule has 0 saturated carbocycles. The topological polar surface area (TPSA) is 46.2 Å². The minimum Gasteiger partial charge on any atom is -0.396 e. The van der Waals surface area contributed by atoms with Gasteiger partial charge in [0.15, 0.2) is 0 Å². The van der Waals surface area contributed by atoms with Gasteiger partial charge in [0.1, 0.15) is 0 Å². The molecule has 25 heavy (non-hydrogen) atoms. The van der Waals surface area contributed by atoms with Gasteiger partial charge in [-0.25, -0.2) is 0 Å². The third kappa shape index (κ3) is 6.51. The lowest BCUT2D eigenvalue weighted by Crippen LogP contribution is -2.18. The summed E-state index contributed by atoms with van der Waals surface area (Å²) in [5.74, 6) is 1.33. The minimum atomic E-state index is 0.290. The first-order chi connectivity index (χ1) is 12.2. The van der Waals surface area contributed by atoms with E-state index in [0.717, 1.165) is 25.2 Å². The van der Waals surface area contributed by atoms with Gasteiger partial charge in [-0.05, 0) is 95.8 Å². The first-order valence-corrected chi connectivity index (χ1v) is 11.4. The van der Waals surface area contributed by atoms with Crippen molar-refractivity contribution in [1.29, 1.82) is 0 Å². The normalized spacial score (nSPS) is 18.2. The molecule has 2 nitrogen and oxygen atoms in total. The second-order valence-corrected chi connectivity index (χ2v) is 8.91. The molecule has 0 fully saturated rings. The van der Waals surface area contributed by atoms with Gasteiger partial charge in [0.25, 0.3) is 0 Å². The van der Waals surface area contributed by atoms with Gasteiger partial charge in [0, 0.05) is 10.2 Å². The molecule has 0 spiro atoms. The summed E-state index contributed by atoms with van der Waals surface area (Å²) in [5.41, 5.74) is 10.7. The van der Waals surface area contributed by atoms with Crippen LogP contribution in [0.3, 0.4) is 0 Å². The van der Waals surface area contributed by atoms with Gasteiger partial charge in [-0.15, -0.1) is 0 Å². The number of hydrogen-bond donors (Lipinski definition) is 2. The van der Waals surface area contributed by atoms with Gasteiger partial charge < -0.3 is 10.8 Å².